The van der Waals surface area contributed by atoms with E-state index in [1.165, 1.54) is 6.07 Å². The van der Waals surface area contributed by atoms with E-state index in [9.17, 15) is 18.4 Å². The van der Waals surface area contributed by atoms with E-state index < -0.39 is 35.5 Å². The van der Waals surface area contributed by atoms with Crippen molar-refractivity contribution in [3.8, 4) is 0 Å². The lowest BCUT2D eigenvalue weighted by Gasteiger charge is -2.45. The number of nitrogens with zero attached hydrogens (tertiary/aromatic N) is 2. The third-order valence-corrected chi connectivity index (χ3v) is 8.36. The van der Waals surface area contributed by atoms with Gasteiger partial charge in [-0.3, -0.25) is 15.1 Å². The summed E-state index contributed by atoms with van der Waals surface area (Å²) in [5.41, 5.74) is 1.48. The lowest BCUT2D eigenvalue weighted by atomic mass is 9.82. The predicted octanol–water partition coefficient (Wildman–Crippen LogP) is 5.59. The summed E-state index contributed by atoms with van der Waals surface area (Å²) in [6.07, 6.45) is 2.93. The molecule has 1 aliphatic carbocycles. The van der Waals surface area contributed by atoms with Crippen molar-refractivity contribution in [1.29, 1.82) is 0 Å². The standard InChI is InChI=1S/C26H26ClF2N3O4/c27-16-2-6-22-19(12-16)26(36-24(33)30-22)7-9-31(10-8-26)17-3-4-18(13-17)32-23(14-35-25(32)34)15-1-5-20(28)21(29)11-15/h1-2,5-6,11-12,17-18,23H,3-4,7-10,13-14H2,(H,30,33). The van der Waals surface area contributed by atoms with E-state index >= 15 is 0 Å². The molecule has 10 heteroatoms. The van der Waals surface area contributed by atoms with E-state index in [1.54, 1.807) is 11.0 Å². The van der Waals surface area contributed by atoms with Crippen LogP contribution in [0.3, 0.4) is 0 Å². The second-order valence-electron chi connectivity index (χ2n) is 10.0. The number of carbonyl (C=O) groups is 2. The molecule has 0 radical (unpaired) electrons. The Balaban J connectivity index is 1.15. The Labute approximate surface area is 212 Å². The van der Waals surface area contributed by atoms with Crippen LogP contribution >= 0.6 is 11.6 Å². The average Bonchev–Trinajstić information content (AvgIpc) is 3.48. The molecule has 4 aliphatic rings. The Morgan fingerprint density at radius 2 is 1.78 bits per heavy atom. The number of anilines is 1. The molecule has 190 valence electrons. The Morgan fingerprint density at radius 1 is 1.00 bits per heavy atom. The van der Waals surface area contributed by atoms with E-state index in [4.69, 9.17) is 21.1 Å². The molecule has 7 nitrogen and oxygen atoms in total. The highest BCUT2D eigenvalue weighted by molar-refractivity contribution is 6.30. The second kappa shape index (κ2) is 8.88. The van der Waals surface area contributed by atoms with Crippen molar-refractivity contribution in [2.45, 2.75) is 55.8 Å². The highest BCUT2D eigenvalue weighted by Gasteiger charge is 2.48. The van der Waals surface area contributed by atoms with Crippen molar-refractivity contribution in [2.24, 2.45) is 0 Å². The summed E-state index contributed by atoms with van der Waals surface area (Å²) in [7, 11) is 0. The first-order chi connectivity index (χ1) is 17.3. The Hall–Kier alpha value is -2.91. The minimum atomic E-state index is -0.931. The molecule has 2 aromatic carbocycles. The first-order valence-corrected chi connectivity index (χ1v) is 12.6. The zero-order valence-corrected chi connectivity index (χ0v) is 20.3. The van der Waals surface area contributed by atoms with Gasteiger partial charge in [0.15, 0.2) is 11.6 Å². The summed E-state index contributed by atoms with van der Waals surface area (Å²) in [6, 6.07) is 8.97. The third kappa shape index (κ3) is 3.98. The summed E-state index contributed by atoms with van der Waals surface area (Å²) in [5, 5.41) is 3.36. The Bertz CT molecular complexity index is 1220. The number of likely N-dealkylation sites (tertiary alicyclic amines) is 1. The van der Waals surface area contributed by atoms with Crippen LogP contribution in [0.5, 0.6) is 0 Å². The van der Waals surface area contributed by atoms with Gasteiger partial charge in [-0.05, 0) is 55.2 Å². The van der Waals surface area contributed by atoms with Crippen molar-refractivity contribution < 1.29 is 27.8 Å². The average molecular weight is 518 g/mol. The molecule has 1 spiro atoms. The number of hydrogen-bond donors (Lipinski definition) is 1. The molecular formula is C26H26ClF2N3O4. The van der Waals surface area contributed by atoms with Gasteiger partial charge >= 0.3 is 12.2 Å². The Morgan fingerprint density at radius 3 is 2.56 bits per heavy atom. The highest BCUT2D eigenvalue weighted by Crippen LogP contribution is 2.46. The maximum Gasteiger partial charge on any atom is 0.412 e. The number of ether oxygens (including phenoxy) is 2. The zero-order valence-electron chi connectivity index (χ0n) is 19.5. The predicted molar refractivity (Wildman–Crippen MR) is 128 cm³/mol. The molecule has 2 aromatic rings. The quantitative estimate of drug-likeness (QED) is 0.575. The SMILES string of the molecule is O=C1Nc2ccc(Cl)cc2C2(CCN(C3CCC(N4C(=O)OCC4c4ccc(F)c(F)c4)C3)CC2)O1. The van der Waals surface area contributed by atoms with Crippen LogP contribution in [0.25, 0.3) is 0 Å². The Kier molecular flexibility index (Phi) is 5.80. The van der Waals surface area contributed by atoms with Crippen LogP contribution in [0.2, 0.25) is 5.02 Å². The molecular weight excluding hydrogens is 492 g/mol. The summed E-state index contributed by atoms with van der Waals surface area (Å²) in [5.74, 6) is -1.84. The van der Waals surface area contributed by atoms with Gasteiger partial charge in [-0.2, -0.15) is 0 Å². The first-order valence-electron chi connectivity index (χ1n) is 12.3. The molecule has 0 bridgehead atoms. The number of carbonyl (C=O) groups excluding carboxylic acids is 2. The molecule has 3 atom stereocenters. The van der Waals surface area contributed by atoms with Crippen LogP contribution in [-0.2, 0) is 15.1 Å². The minimum Gasteiger partial charge on any atom is -0.447 e. The van der Waals surface area contributed by atoms with Crippen LogP contribution in [0.1, 0.15) is 49.3 Å². The number of amides is 2. The van der Waals surface area contributed by atoms with E-state index in [-0.39, 0.29) is 18.7 Å². The van der Waals surface area contributed by atoms with Gasteiger partial charge in [0, 0.05) is 48.6 Å². The number of piperidine rings is 1. The van der Waals surface area contributed by atoms with E-state index in [2.05, 4.69) is 10.2 Å². The molecule has 3 unspecified atom stereocenters. The molecule has 3 heterocycles. The van der Waals surface area contributed by atoms with Crippen molar-refractivity contribution in [2.75, 3.05) is 25.0 Å². The topological polar surface area (TPSA) is 71.1 Å². The van der Waals surface area contributed by atoms with Crippen LogP contribution in [0.15, 0.2) is 36.4 Å². The van der Waals surface area contributed by atoms with Crippen molar-refractivity contribution in [3.63, 3.8) is 0 Å². The van der Waals surface area contributed by atoms with Crippen LogP contribution in [-0.4, -0.2) is 53.8 Å². The molecule has 2 amide bonds. The molecule has 1 saturated carbocycles. The van der Waals surface area contributed by atoms with Crippen molar-refractivity contribution >= 4 is 29.5 Å². The van der Waals surface area contributed by atoms with Crippen molar-refractivity contribution in [3.05, 3.63) is 64.2 Å². The lowest BCUT2D eigenvalue weighted by molar-refractivity contribution is -0.0456. The molecule has 1 N–H and O–H groups in total. The maximum atomic E-state index is 13.9. The van der Waals surface area contributed by atoms with Gasteiger partial charge in [0.25, 0.3) is 0 Å². The zero-order chi connectivity index (χ0) is 25.0. The normalized spacial score (nSPS) is 27.5. The van der Waals surface area contributed by atoms with Crippen molar-refractivity contribution in [1.82, 2.24) is 9.80 Å². The monoisotopic (exact) mass is 517 g/mol. The fourth-order valence-electron chi connectivity index (χ4n) is 6.32. The summed E-state index contributed by atoms with van der Waals surface area (Å²) < 4.78 is 38.5. The summed E-state index contributed by atoms with van der Waals surface area (Å²) in [4.78, 5) is 29.0. The van der Waals surface area contributed by atoms with Gasteiger partial charge in [0.2, 0.25) is 0 Å². The van der Waals surface area contributed by atoms with Crippen LogP contribution in [0, 0.1) is 11.6 Å². The number of fused-ring (bicyclic) bond motifs is 2. The van der Waals surface area contributed by atoms with Gasteiger partial charge in [-0.25, -0.2) is 18.4 Å². The van der Waals surface area contributed by atoms with Gasteiger partial charge in [0.1, 0.15) is 12.2 Å². The van der Waals surface area contributed by atoms with Gasteiger partial charge in [0.05, 0.1) is 11.7 Å². The van der Waals surface area contributed by atoms with Gasteiger partial charge in [-0.15, -0.1) is 0 Å². The molecule has 3 aliphatic heterocycles. The molecule has 2 saturated heterocycles. The van der Waals surface area contributed by atoms with E-state index in [1.807, 2.05) is 12.1 Å². The number of nitrogens with one attached hydrogen (secondary N) is 1. The molecule has 3 fully saturated rings. The fraction of sp³-hybridized carbons (Fsp3) is 0.462. The first kappa shape index (κ1) is 23.5. The number of benzene rings is 2. The maximum absolute atomic E-state index is 13.9. The molecule has 36 heavy (non-hydrogen) atoms. The summed E-state index contributed by atoms with van der Waals surface area (Å²) >= 11 is 6.25. The van der Waals surface area contributed by atoms with Gasteiger partial charge in [-0.1, -0.05) is 17.7 Å². The fourth-order valence-corrected chi connectivity index (χ4v) is 6.50. The highest BCUT2D eigenvalue weighted by atomic mass is 35.5. The number of hydrogen-bond acceptors (Lipinski definition) is 5. The molecule has 0 aromatic heterocycles. The van der Waals surface area contributed by atoms with Gasteiger partial charge < -0.3 is 9.47 Å². The lowest BCUT2D eigenvalue weighted by Crippen LogP contribution is -2.50. The molecule has 6 rings (SSSR count). The van der Waals surface area contributed by atoms with Crippen LogP contribution < -0.4 is 5.32 Å². The number of halogens is 3. The number of rotatable bonds is 3. The second-order valence-corrected chi connectivity index (χ2v) is 10.5. The van der Waals surface area contributed by atoms with E-state index in [0.717, 1.165) is 55.7 Å². The third-order valence-electron chi connectivity index (χ3n) is 8.13. The minimum absolute atomic E-state index is 0.0461. The van der Waals surface area contributed by atoms with Crippen LogP contribution in [0.4, 0.5) is 24.1 Å². The largest absolute Gasteiger partial charge is 0.447 e. The number of cyclic esters (lactones) is 1. The van der Waals surface area contributed by atoms with E-state index in [0.29, 0.717) is 23.4 Å². The smallest absolute Gasteiger partial charge is 0.412 e. The summed E-state index contributed by atoms with van der Waals surface area (Å²) in [6.45, 7) is 1.61.